The van der Waals surface area contributed by atoms with Crippen molar-refractivity contribution in [2.24, 2.45) is 16.5 Å². The van der Waals surface area contributed by atoms with Gasteiger partial charge in [0.2, 0.25) is 0 Å². The first-order valence-electron chi connectivity index (χ1n) is 10.7. The van der Waals surface area contributed by atoms with Crippen LogP contribution in [0.2, 0.25) is 0 Å². The molecular formula is C25H35N5O2. The highest BCUT2D eigenvalue weighted by molar-refractivity contribution is 6.05. The lowest BCUT2D eigenvalue weighted by Crippen LogP contribution is -2.28. The summed E-state index contributed by atoms with van der Waals surface area (Å²) in [6.07, 6.45) is 0. The van der Waals surface area contributed by atoms with E-state index >= 15 is 0 Å². The van der Waals surface area contributed by atoms with E-state index in [1.165, 1.54) is 0 Å². The zero-order valence-electron chi connectivity index (χ0n) is 19.9. The molecule has 0 unspecified atom stereocenters. The minimum Gasteiger partial charge on any atom is -0.370 e. The Morgan fingerprint density at radius 3 is 1.81 bits per heavy atom. The van der Waals surface area contributed by atoms with E-state index in [0.717, 1.165) is 11.1 Å². The molecular weight excluding hydrogens is 402 g/mol. The summed E-state index contributed by atoms with van der Waals surface area (Å²) in [4.78, 5) is 29.0. The minimum atomic E-state index is -0.235. The molecule has 7 nitrogen and oxygen atoms in total. The van der Waals surface area contributed by atoms with Gasteiger partial charge in [-0.05, 0) is 58.4 Å². The summed E-state index contributed by atoms with van der Waals surface area (Å²) < 4.78 is 0. The van der Waals surface area contributed by atoms with Crippen molar-refractivity contribution >= 4 is 23.5 Å². The number of aliphatic imine (C=N–C) groups is 1. The van der Waals surface area contributed by atoms with Gasteiger partial charge in [-0.2, -0.15) is 0 Å². The van der Waals surface area contributed by atoms with E-state index in [2.05, 4.69) is 63.2 Å². The fraction of sp³-hybridized carbons (Fsp3) is 0.400. The first-order chi connectivity index (χ1) is 14.8. The van der Waals surface area contributed by atoms with Crippen molar-refractivity contribution in [2.45, 2.75) is 52.4 Å². The number of nitrogens with zero attached hydrogens (tertiary/aromatic N) is 1. The molecule has 0 aliphatic rings. The van der Waals surface area contributed by atoms with Crippen molar-refractivity contribution in [3.8, 4) is 0 Å². The number of anilines is 1. The van der Waals surface area contributed by atoms with Crippen LogP contribution in [0.5, 0.6) is 0 Å². The first-order valence-corrected chi connectivity index (χ1v) is 10.7. The summed E-state index contributed by atoms with van der Waals surface area (Å²) in [6, 6.07) is 12.8. The third kappa shape index (κ3) is 7.11. The lowest BCUT2D eigenvalue weighted by atomic mass is 9.79. The average molecular weight is 438 g/mol. The van der Waals surface area contributed by atoms with Crippen LogP contribution < -0.4 is 22.1 Å². The van der Waals surface area contributed by atoms with Crippen LogP contribution in [0, 0.1) is 0 Å². The van der Waals surface area contributed by atoms with Gasteiger partial charge in [0, 0.05) is 23.4 Å². The van der Waals surface area contributed by atoms with Gasteiger partial charge in [0.15, 0.2) is 5.96 Å². The van der Waals surface area contributed by atoms with E-state index in [1.807, 2.05) is 12.1 Å². The number of rotatable bonds is 6. The van der Waals surface area contributed by atoms with Gasteiger partial charge >= 0.3 is 0 Å². The zero-order valence-corrected chi connectivity index (χ0v) is 19.9. The molecule has 0 spiro atoms. The molecule has 0 aromatic heterocycles. The Balaban J connectivity index is 2.14. The molecule has 0 radical (unpaired) electrons. The van der Waals surface area contributed by atoms with E-state index in [1.54, 1.807) is 24.3 Å². The number of nitrogens with two attached hydrogens (primary N) is 2. The molecule has 6 N–H and O–H groups in total. The van der Waals surface area contributed by atoms with Gasteiger partial charge in [-0.3, -0.25) is 14.6 Å². The second kappa shape index (κ2) is 9.85. The molecule has 0 atom stereocenters. The number of hydrogen-bond acceptors (Lipinski definition) is 3. The standard InChI is InChI=1S/C25H35N5O2/c1-24(2,3)18-13-17(14-19(15-18)25(4,5)6)22(32)30-20-9-7-16(8-10-20)21(31)28-11-12-29-23(26)27/h7-10,13-15H,11-12H2,1-6H3,(H,28,31)(H,30,32)(H4,26,27,29). The minimum absolute atomic E-state index is 0.0120. The Kier molecular flexibility index (Phi) is 7.67. The lowest BCUT2D eigenvalue weighted by molar-refractivity contribution is 0.0954. The maximum Gasteiger partial charge on any atom is 0.255 e. The molecule has 2 aromatic carbocycles. The molecule has 172 valence electrons. The fourth-order valence-corrected chi connectivity index (χ4v) is 2.99. The van der Waals surface area contributed by atoms with E-state index < -0.39 is 0 Å². The molecule has 32 heavy (non-hydrogen) atoms. The van der Waals surface area contributed by atoms with Crippen LogP contribution in [0.25, 0.3) is 0 Å². The van der Waals surface area contributed by atoms with E-state index in [9.17, 15) is 9.59 Å². The highest BCUT2D eigenvalue weighted by Gasteiger charge is 2.22. The van der Waals surface area contributed by atoms with Crippen molar-refractivity contribution < 1.29 is 9.59 Å². The van der Waals surface area contributed by atoms with Gasteiger partial charge in [-0.1, -0.05) is 47.6 Å². The number of guanidine groups is 1. The van der Waals surface area contributed by atoms with Crippen molar-refractivity contribution in [3.63, 3.8) is 0 Å². The van der Waals surface area contributed by atoms with Crippen LogP contribution in [0.3, 0.4) is 0 Å². The summed E-state index contributed by atoms with van der Waals surface area (Å²) in [5.41, 5.74) is 14.3. The highest BCUT2D eigenvalue weighted by atomic mass is 16.2. The molecule has 0 saturated heterocycles. The normalized spacial score (nSPS) is 11.6. The number of benzene rings is 2. The third-order valence-electron chi connectivity index (χ3n) is 5.02. The Labute approximate surface area is 190 Å². The summed E-state index contributed by atoms with van der Waals surface area (Å²) in [5.74, 6) is -0.431. The van der Waals surface area contributed by atoms with Gasteiger partial charge in [0.05, 0.1) is 6.54 Å². The highest BCUT2D eigenvalue weighted by Crippen LogP contribution is 2.30. The van der Waals surface area contributed by atoms with Crippen LogP contribution in [-0.4, -0.2) is 30.9 Å². The van der Waals surface area contributed by atoms with Gasteiger partial charge in [-0.15, -0.1) is 0 Å². The molecule has 2 amide bonds. The molecule has 2 aromatic rings. The number of nitrogens with one attached hydrogen (secondary N) is 2. The van der Waals surface area contributed by atoms with E-state index in [4.69, 9.17) is 11.5 Å². The Hall–Kier alpha value is -3.35. The zero-order chi connectivity index (χ0) is 24.1. The largest absolute Gasteiger partial charge is 0.370 e. The second-order valence-electron chi connectivity index (χ2n) is 9.89. The molecule has 0 saturated carbocycles. The second-order valence-corrected chi connectivity index (χ2v) is 9.89. The Bertz CT molecular complexity index is 960. The first kappa shape index (κ1) is 24.9. The van der Waals surface area contributed by atoms with Gasteiger partial charge in [-0.25, -0.2) is 0 Å². The predicted octanol–water partition coefficient (Wildman–Crippen LogP) is 3.54. The smallest absolute Gasteiger partial charge is 0.255 e. The molecule has 2 rings (SSSR count). The van der Waals surface area contributed by atoms with Crippen LogP contribution >= 0.6 is 0 Å². The number of carbonyl (C=O) groups excluding carboxylic acids is 2. The monoisotopic (exact) mass is 437 g/mol. The van der Waals surface area contributed by atoms with Crippen LogP contribution in [-0.2, 0) is 10.8 Å². The molecule has 0 bridgehead atoms. The number of carbonyl (C=O) groups is 2. The lowest BCUT2D eigenvalue weighted by Gasteiger charge is -2.26. The maximum absolute atomic E-state index is 13.0. The summed E-state index contributed by atoms with van der Waals surface area (Å²) in [6.45, 7) is 13.5. The van der Waals surface area contributed by atoms with E-state index in [0.29, 0.717) is 29.9 Å². The Morgan fingerprint density at radius 1 is 0.812 bits per heavy atom. The molecule has 0 aliphatic carbocycles. The van der Waals surface area contributed by atoms with E-state index in [-0.39, 0.29) is 28.6 Å². The number of amides is 2. The summed E-state index contributed by atoms with van der Waals surface area (Å²) in [5, 5.41) is 5.67. The fourth-order valence-electron chi connectivity index (χ4n) is 2.99. The van der Waals surface area contributed by atoms with Crippen LogP contribution in [0.4, 0.5) is 5.69 Å². The van der Waals surface area contributed by atoms with Crippen molar-refractivity contribution in [2.75, 3.05) is 18.4 Å². The molecule has 0 heterocycles. The Morgan fingerprint density at radius 2 is 1.34 bits per heavy atom. The van der Waals surface area contributed by atoms with Crippen molar-refractivity contribution in [3.05, 3.63) is 64.7 Å². The quantitative estimate of drug-likeness (QED) is 0.314. The van der Waals surface area contributed by atoms with Crippen LogP contribution in [0.1, 0.15) is 73.4 Å². The average Bonchev–Trinajstić information content (AvgIpc) is 2.69. The van der Waals surface area contributed by atoms with Gasteiger partial charge < -0.3 is 22.1 Å². The maximum atomic E-state index is 13.0. The summed E-state index contributed by atoms with van der Waals surface area (Å²) in [7, 11) is 0. The van der Waals surface area contributed by atoms with Crippen molar-refractivity contribution in [1.82, 2.24) is 5.32 Å². The van der Waals surface area contributed by atoms with Gasteiger partial charge in [0.25, 0.3) is 11.8 Å². The van der Waals surface area contributed by atoms with Crippen molar-refractivity contribution in [1.29, 1.82) is 0 Å². The summed E-state index contributed by atoms with van der Waals surface area (Å²) >= 11 is 0. The topological polar surface area (TPSA) is 123 Å². The number of hydrogen-bond donors (Lipinski definition) is 4. The SMILES string of the molecule is CC(C)(C)c1cc(C(=O)Nc2ccc(C(=O)NCCN=C(N)N)cc2)cc(C(C)(C)C)c1. The third-order valence-corrected chi connectivity index (χ3v) is 5.02. The van der Waals surface area contributed by atoms with Crippen LogP contribution in [0.15, 0.2) is 47.5 Å². The molecule has 0 aliphatic heterocycles. The predicted molar refractivity (Wildman–Crippen MR) is 131 cm³/mol. The van der Waals surface area contributed by atoms with Gasteiger partial charge in [0.1, 0.15) is 0 Å². The molecule has 7 heteroatoms. The molecule has 0 fully saturated rings.